The van der Waals surface area contributed by atoms with Crippen molar-refractivity contribution in [2.45, 2.75) is 38.5 Å². The van der Waals surface area contributed by atoms with Crippen LogP contribution in [-0.2, 0) is 13.9 Å². The van der Waals surface area contributed by atoms with Crippen LogP contribution in [-0.4, -0.2) is 25.7 Å². The second-order valence-corrected chi connectivity index (χ2v) is 8.30. The summed E-state index contributed by atoms with van der Waals surface area (Å²) in [6.07, 6.45) is 7.25. The molecule has 2 aliphatic rings. The van der Waals surface area contributed by atoms with Gasteiger partial charge < -0.3 is 4.52 Å². The van der Waals surface area contributed by atoms with Gasteiger partial charge >= 0.3 is 0 Å². The van der Waals surface area contributed by atoms with E-state index in [2.05, 4.69) is 0 Å². The predicted octanol–water partition coefficient (Wildman–Crippen LogP) is 3.08. The van der Waals surface area contributed by atoms with Crippen LogP contribution in [0.2, 0.25) is 0 Å². The third kappa shape index (κ3) is 2.75. The van der Waals surface area contributed by atoms with Crippen molar-refractivity contribution in [3.8, 4) is 0 Å². The zero-order valence-corrected chi connectivity index (χ0v) is 11.1. The van der Waals surface area contributed by atoms with E-state index >= 15 is 0 Å². The van der Waals surface area contributed by atoms with Crippen molar-refractivity contribution in [3.63, 3.8) is 0 Å². The fourth-order valence-corrected chi connectivity index (χ4v) is 3.66. The Morgan fingerprint density at radius 1 is 1.31 bits per heavy atom. The number of Topliss-reactive ketones (excluding diaryl/α,β-unsaturated/α-hetero) is 1. The summed E-state index contributed by atoms with van der Waals surface area (Å²) in [6.45, 7) is 1.55. The van der Waals surface area contributed by atoms with Crippen molar-refractivity contribution in [1.29, 1.82) is 0 Å². The van der Waals surface area contributed by atoms with Gasteiger partial charge in [0.05, 0.1) is 6.16 Å². The Kier molecular flexibility index (Phi) is 3.29. The molecule has 0 N–H and O–H groups in total. The van der Waals surface area contributed by atoms with E-state index < -0.39 is 7.37 Å². The molecule has 0 aliphatic heterocycles. The van der Waals surface area contributed by atoms with Gasteiger partial charge in [0, 0.05) is 19.7 Å². The molecular weight excluding hydrogens is 223 g/mol. The molecule has 1 atom stereocenters. The molecule has 2 saturated carbocycles. The monoisotopic (exact) mass is 244 g/mol. The molecule has 2 rings (SSSR count). The molecule has 0 amide bonds. The molecule has 1 unspecified atom stereocenters. The van der Waals surface area contributed by atoms with Crippen LogP contribution in [0.1, 0.15) is 38.5 Å². The summed E-state index contributed by atoms with van der Waals surface area (Å²) in [5.41, 5.74) is 0.619. The number of carbonyl (C=O) groups excluding carboxylic acids is 1. The van der Waals surface area contributed by atoms with Gasteiger partial charge in [-0.15, -0.1) is 0 Å². The summed E-state index contributed by atoms with van der Waals surface area (Å²) in [7, 11) is -1.24. The molecule has 3 nitrogen and oxygen atoms in total. The highest BCUT2D eigenvalue weighted by molar-refractivity contribution is 7.59. The number of hydrogen-bond donors (Lipinski definition) is 0. The first-order valence-electron chi connectivity index (χ1n) is 6.11. The van der Waals surface area contributed by atoms with Crippen LogP contribution in [0.3, 0.4) is 0 Å². The van der Waals surface area contributed by atoms with Gasteiger partial charge in [0.1, 0.15) is 5.78 Å². The lowest BCUT2D eigenvalue weighted by Gasteiger charge is -2.27. The molecule has 0 aromatic rings. The summed E-state index contributed by atoms with van der Waals surface area (Å²) < 4.78 is 16.6. The number of hydrogen-bond acceptors (Lipinski definition) is 3. The third-order valence-corrected chi connectivity index (χ3v) is 5.95. The van der Waals surface area contributed by atoms with Gasteiger partial charge in [-0.2, -0.15) is 0 Å². The summed E-state index contributed by atoms with van der Waals surface area (Å²) in [5.74, 6) is 0.304. The molecule has 0 heterocycles. The fourth-order valence-electron chi connectivity index (χ4n) is 2.71. The normalized spacial score (nSPS) is 27.6. The lowest BCUT2D eigenvalue weighted by Crippen LogP contribution is -2.24. The Morgan fingerprint density at radius 3 is 2.31 bits per heavy atom. The number of ketones is 1. The van der Waals surface area contributed by atoms with E-state index in [1.165, 1.54) is 32.8 Å². The van der Waals surface area contributed by atoms with E-state index in [1.807, 2.05) is 0 Å². The molecule has 2 aliphatic carbocycles. The van der Waals surface area contributed by atoms with Crippen molar-refractivity contribution in [2.24, 2.45) is 11.3 Å². The molecule has 0 radical (unpaired) electrons. The predicted molar refractivity (Wildman–Crippen MR) is 64.0 cm³/mol. The molecule has 0 aromatic carbocycles. The van der Waals surface area contributed by atoms with Crippen LogP contribution in [0.4, 0.5) is 0 Å². The maximum atomic E-state index is 12.0. The van der Waals surface area contributed by atoms with Crippen LogP contribution < -0.4 is 0 Å². The maximum Gasteiger partial charge on any atom is 0.207 e. The number of carbonyl (C=O) groups is 1. The van der Waals surface area contributed by atoms with Gasteiger partial charge in [0.2, 0.25) is 7.37 Å². The van der Waals surface area contributed by atoms with Crippen molar-refractivity contribution < 1.29 is 13.9 Å². The third-order valence-electron chi connectivity index (χ3n) is 4.29. The zero-order chi connectivity index (χ0) is 11.8. The first kappa shape index (κ1) is 12.3. The van der Waals surface area contributed by atoms with Gasteiger partial charge in [-0.3, -0.25) is 9.36 Å². The largest absolute Gasteiger partial charge is 0.332 e. The molecule has 4 heteroatoms. The summed E-state index contributed by atoms with van der Waals surface area (Å²) >= 11 is 0. The topological polar surface area (TPSA) is 43.4 Å². The average molecular weight is 244 g/mol. The molecule has 2 fully saturated rings. The molecule has 0 aromatic heterocycles. The second-order valence-electron chi connectivity index (χ2n) is 5.60. The van der Waals surface area contributed by atoms with E-state index in [0.29, 0.717) is 5.41 Å². The Morgan fingerprint density at radius 2 is 1.88 bits per heavy atom. The van der Waals surface area contributed by atoms with Crippen LogP contribution in [0, 0.1) is 11.3 Å². The zero-order valence-electron chi connectivity index (χ0n) is 10.2. The first-order chi connectivity index (χ1) is 7.46. The van der Waals surface area contributed by atoms with Crippen LogP contribution in [0.5, 0.6) is 0 Å². The minimum absolute atomic E-state index is 0.126. The summed E-state index contributed by atoms with van der Waals surface area (Å²) in [4.78, 5) is 12.0. The van der Waals surface area contributed by atoms with E-state index in [-0.39, 0.29) is 17.9 Å². The van der Waals surface area contributed by atoms with Gasteiger partial charge in [-0.1, -0.05) is 0 Å². The molecule has 0 bridgehead atoms. The molecule has 92 valence electrons. The average Bonchev–Trinajstić information content (AvgIpc) is 2.98. The standard InChI is InChI=1S/C12H21O3P/c1-15-16(2,14)9-11(13)10-3-5-12(6-4-10)7-8-12/h10H,3-9H2,1-2H3. The molecule has 0 saturated heterocycles. The quantitative estimate of drug-likeness (QED) is 0.714. The van der Waals surface area contributed by atoms with Crippen molar-refractivity contribution in [3.05, 3.63) is 0 Å². The van der Waals surface area contributed by atoms with Gasteiger partial charge in [0.15, 0.2) is 0 Å². The van der Waals surface area contributed by atoms with E-state index in [9.17, 15) is 9.36 Å². The number of rotatable bonds is 4. The van der Waals surface area contributed by atoms with Crippen LogP contribution in [0.25, 0.3) is 0 Å². The highest BCUT2D eigenvalue weighted by Gasteiger charge is 2.45. The molecular formula is C12H21O3P. The summed E-state index contributed by atoms with van der Waals surface area (Å²) in [6, 6.07) is 0. The van der Waals surface area contributed by atoms with E-state index in [4.69, 9.17) is 4.52 Å². The van der Waals surface area contributed by atoms with E-state index in [1.54, 1.807) is 6.66 Å². The minimum Gasteiger partial charge on any atom is -0.332 e. The lowest BCUT2D eigenvalue weighted by molar-refractivity contribution is -0.121. The SMILES string of the molecule is COP(C)(=O)CC(=O)C1CCC2(CC1)CC2. The van der Waals surface area contributed by atoms with E-state index in [0.717, 1.165) is 12.8 Å². The fraction of sp³-hybridized carbons (Fsp3) is 0.917. The smallest absolute Gasteiger partial charge is 0.207 e. The highest BCUT2D eigenvalue weighted by atomic mass is 31.2. The molecule has 1 spiro atoms. The van der Waals surface area contributed by atoms with Crippen molar-refractivity contribution in [2.75, 3.05) is 19.9 Å². The Bertz CT molecular complexity index is 323. The van der Waals surface area contributed by atoms with Crippen LogP contribution >= 0.6 is 7.37 Å². The minimum atomic E-state index is -2.66. The first-order valence-corrected chi connectivity index (χ1v) is 8.37. The van der Waals surface area contributed by atoms with Crippen LogP contribution in [0.15, 0.2) is 0 Å². The Hall–Kier alpha value is -0.140. The second kappa shape index (κ2) is 4.27. The molecule has 16 heavy (non-hydrogen) atoms. The van der Waals surface area contributed by atoms with Crippen molar-refractivity contribution in [1.82, 2.24) is 0 Å². The van der Waals surface area contributed by atoms with Gasteiger partial charge in [-0.05, 0) is 43.9 Å². The van der Waals surface area contributed by atoms with Gasteiger partial charge in [0.25, 0.3) is 0 Å². The maximum absolute atomic E-state index is 12.0. The Balaban J connectivity index is 1.84. The lowest BCUT2D eigenvalue weighted by atomic mass is 9.78. The van der Waals surface area contributed by atoms with Crippen molar-refractivity contribution >= 4 is 13.2 Å². The Labute approximate surface area is 97.4 Å². The van der Waals surface area contributed by atoms with Gasteiger partial charge in [-0.25, -0.2) is 0 Å². The summed E-state index contributed by atoms with van der Waals surface area (Å²) in [5, 5.41) is 0. The highest BCUT2D eigenvalue weighted by Crippen LogP contribution is 2.57.